The van der Waals surface area contributed by atoms with E-state index in [-0.39, 0.29) is 11.6 Å². The molecule has 0 radical (unpaired) electrons. The smallest absolute Gasteiger partial charge is 0.377 e. The minimum atomic E-state index is -4.41. The maximum Gasteiger partial charge on any atom is 0.416 e. The van der Waals surface area contributed by atoms with Gasteiger partial charge in [-0.3, -0.25) is 0 Å². The summed E-state index contributed by atoms with van der Waals surface area (Å²) >= 11 is 0. The number of anilines is 2. The van der Waals surface area contributed by atoms with E-state index in [9.17, 15) is 13.2 Å². The number of fused-ring (bicyclic) bond motifs is 1. The lowest BCUT2D eigenvalue weighted by molar-refractivity contribution is -0.138. The van der Waals surface area contributed by atoms with Crippen LogP contribution in [-0.4, -0.2) is 60.0 Å². The Morgan fingerprint density at radius 1 is 1.23 bits per heavy atom. The number of nitrogens with one attached hydrogen (secondary N) is 1. The molecular weight excluding hydrogens is 457 g/mol. The summed E-state index contributed by atoms with van der Waals surface area (Å²) < 4.78 is 45.9. The highest BCUT2D eigenvalue weighted by molar-refractivity contribution is 5.94. The van der Waals surface area contributed by atoms with E-state index < -0.39 is 17.8 Å². The first-order valence-corrected chi connectivity index (χ1v) is 11.6. The molecule has 0 unspecified atom stereocenters. The number of nitrogens with zero attached hydrogens (tertiary/aromatic N) is 5. The van der Waals surface area contributed by atoms with E-state index >= 15 is 0 Å². The number of pyridine rings is 1. The Bertz CT molecular complexity index is 1200. The number of hydrogen-bond donors (Lipinski definition) is 1. The normalized spacial score (nSPS) is 17.7. The van der Waals surface area contributed by atoms with Crippen LogP contribution in [0.2, 0.25) is 0 Å². The number of benzene rings is 1. The Hall–Kier alpha value is -2.98. The highest BCUT2D eigenvalue weighted by atomic mass is 19.4. The van der Waals surface area contributed by atoms with E-state index in [1.807, 2.05) is 38.2 Å². The van der Waals surface area contributed by atoms with Crippen LogP contribution in [0, 0.1) is 6.92 Å². The SMILES string of the molecule is Cc1c([C@@H](C)Nc2nnc(CN(C)C)c3cnc(N4CCOC[C@H]4C)cc23)cccc1C(F)(F)F. The lowest BCUT2D eigenvalue weighted by Crippen LogP contribution is -2.44. The fourth-order valence-corrected chi connectivity index (χ4v) is 4.55. The van der Waals surface area contributed by atoms with Crippen molar-refractivity contribution in [2.24, 2.45) is 0 Å². The summed E-state index contributed by atoms with van der Waals surface area (Å²) in [6.07, 6.45) is -2.60. The lowest BCUT2D eigenvalue weighted by atomic mass is 9.97. The van der Waals surface area contributed by atoms with Gasteiger partial charge in [-0.1, -0.05) is 12.1 Å². The van der Waals surface area contributed by atoms with Gasteiger partial charge >= 0.3 is 6.18 Å². The van der Waals surface area contributed by atoms with Gasteiger partial charge in [0.15, 0.2) is 5.82 Å². The zero-order valence-corrected chi connectivity index (χ0v) is 20.6. The van der Waals surface area contributed by atoms with Crippen LogP contribution >= 0.6 is 0 Å². The second-order valence-corrected chi connectivity index (χ2v) is 9.32. The summed E-state index contributed by atoms with van der Waals surface area (Å²) in [5, 5.41) is 13.9. The third-order valence-electron chi connectivity index (χ3n) is 6.35. The second-order valence-electron chi connectivity index (χ2n) is 9.32. The van der Waals surface area contributed by atoms with Crippen molar-refractivity contribution in [3.63, 3.8) is 0 Å². The van der Waals surface area contributed by atoms with Crippen LogP contribution in [0.3, 0.4) is 0 Å². The van der Waals surface area contributed by atoms with Gasteiger partial charge in [-0.05, 0) is 58.1 Å². The largest absolute Gasteiger partial charge is 0.416 e. The molecule has 1 aromatic carbocycles. The van der Waals surface area contributed by atoms with Gasteiger partial charge in [0.05, 0.1) is 36.6 Å². The summed E-state index contributed by atoms with van der Waals surface area (Å²) in [4.78, 5) is 8.91. The number of rotatable bonds is 6. The van der Waals surface area contributed by atoms with Crippen molar-refractivity contribution in [1.82, 2.24) is 20.1 Å². The number of aromatic nitrogens is 3. The minimum absolute atomic E-state index is 0.174. The Kier molecular flexibility index (Phi) is 7.14. The minimum Gasteiger partial charge on any atom is -0.377 e. The zero-order valence-electron chi connectivity index (χ0n) is 20.6. The fourth-order valence-electron chi connectivity index (χ4n) is 4.55. The molecule has 3 aromatic rings. The molecule has 7 nitrogen and oxygen atoms in total. The highest BCUT2D eigenvalue weighted by Crippen LogP contribution is 2.36. The molecule has 10 heteroatoms. The van der Waals surface area contributed by atoms with Gasteiger partial charge in [-0.2, -0.15) is 18.3 Å². The first kappa shape index (κ1) is 25.1. The number of hydrogen-bond acceptors (Lipinski definition) is 7. The van der Waals surface area contributed by atoms with Crippen molar-refractivity contribution < 1.29 is 17.9 Å². The Labute approximate surface area is 203 Å². The molecule has 188 valence electrons. The number of alkyl halides is 3. The first-order valence-electron chi connectivity index (χ1n) is 11.6. The summed E-state index contributed by atoms with van der Waals surface area (Å²) in [5.41, 5.74) is 0.912. The second kappa shape index (κ2) is 9.94. The highest BCUT2D eigenvalue weighted by Gasteiger charge is 2.33. The molecule has 1 saturated heterocycles. The quantitative estimate of drug-likeness (QED) is 0.534. The molecule has 1 aliphatic heterocycles. The summed E-state index contributed by atoms with van der Waals surface area (Å²) in [5.74, 6) is 1.32. The van der Waals surface area contributed by atoms with Crippen LogP contribution in [-0.2, 0) is 17.5 Å². The van der Waals surface area contributed by atoms with E-state index in [1.54, 1.807) is 6.07 Å². The average molecular weight is 489 g/mol. The van der Waals surface area contributed by atoms with Gasteiger partial charge in [-0.15, -0.1) is 5.10 Å². The van der Waals surface area contributed by atoms with Crippen LogP contribution < -0.4 is 10.2 Å². The van der Waals surface area contributed by atoms with Gasteiger partial charge in [0.2, 0.25) is 0 Å². The van der Waals surface area contributed by atoms with Crippen molar-refractivity contribution in [2.75, 3.05) is 44.1 Å². The molecule has 2 atom stereocenters. The van der Waals surface area contributed by atoms with Crippen LogP contribution in [0.15, 0.2) is 30.5 Å². The molecule has 0 amide bonds. The standard InChI is InChI=1S/C25H31F3N6O/c1-15-14-35-10-9-34(15)23-11-19-20(12-29-23)22(13-33(4)5)31-32-24(19)30-17(3)18-7-6-8-21(16(18)2)25(26,27)28/h6-8,11-12,15,17H,9-10,13-14H2,1-5H3,(H,30,32)/t15-,17-/m1/s1. The topological polar surface area (TPSA) is 66.4 Å². The summed E-state index contributed by atoms with van der Waals surface area (Å²) in [6.45, 7) is 7.98. The number of halogens is 3. The molecule has 0 aliphatic carbocycles. The van der Waals surface area contributed by atoms with Gasteiger partial charge < -0.3 is 19.9 Å². The molecule has 35 heavy (non-hydrogen) atoms. The van der Waals surface area contributed by atoms with Crippen LogP contribution in [0.1, 0.15) is 42.3 Å². The molecule has 1 N–H and O–H groups in total. The average Bonchev–Trinajstić information content (AvgIpc) is 2.79. The Balaban J connectivity index is 1.76. The fraction of sp³-hybridized carbons (Fsp3) is 0.480. The van der Waals surface area contributed by atoms with E-state index in [2.05, 4.69) is 27.3 Å². The Morgan fingerprint density at radius 3 is 2.69 bits per heavy atom. The maximum absolute atomic E-state index is 13.5. The van der Waals surface area contributed by atoms with Gasteiger partial charge in [-0.25, -0.2) is 4.98 Å². The molecule has 3 heterocycles. The molecule has 1 aliphatic rings. The van der Waals surface area contributed by atoms with Crippen molar-refractivity contribution >= 4 is 22.4 Å². The molecule has 0 spiro atoms. The van der Waals surface area contributed by atoms with E-state index in [4.69, 9.17) is 9.72 Å². The summed E-state index contributed by atoms with van der Waals surface area (Å²) in [7, 11) is 3.91. The number of morpholine rings is 1. The Morgan fingerprint density at radius 2 is 2.00 bits per heavy atom. The molecule has 4 rings (SSSR count). The van der Waals surface area contributed by atoms with E-state index in [0.29, 0.717) is 31.1 Å². The van der Waals surface area contributed by atoms with Crippen LogP contribution in [0.5, 0.6) is 0 Å². The van der Waals surface area contributed by atoms with Gasteiger partial charge in [0, 0.05) is 30.1 Å². The van der Waals surface area contributed by atoms with Crippen molar-refractivity contribution in [3.05, 3.63) is 52.8 Å². The van der Waals surface area contributed by atoms with Crippen LogP contribution in [0.25, 0.3) is 10.8 Å². The van der Waals surface area contributed by atoms with E-state index in [0.717, 1.165) is 34.9 Å². The predicted molar refractivity (Wildman–Crippen MR) is 131 cm³/mol. The third-order valence-corrected chi connectivity index (χ3v) is 6.35. The van der Waals surface area contributed by atoms with E-state index in [1.165, 1.54) is 13.0 Å². The lowest BCUT2D eigenvalue weighted by Gasteiger charge is -2.34. The van der Waals surface area contributed by atoms with Crippen molar-refractivity contribution in [1.29, 1.82) is 0 Å². The predicted octanol–water partition coefficient (Wildman–Crippen LogP) is 4.81. The molecule has 1 fully saturated rings. The van der Waals surface area contributed by atoms with Crippen molar-refractivity contribution in [3.8, 4) is 0 Å². The molecule has 2 aromatic heterocycles. The summed E-state index contributed by atoms with van der Waals surface area (Å²) in [6, 6.07) is 5.99. The number of ether oxygens (including phenoxy) is 1. The molecule has 0 saturated carbocycles. The van der Waals surface area contributed by atoms with Crippen molar-refractivity contribution in [2.45, 2.75) is 45.6 Å². The third kappa shape index (κ3) is 5.33. The van der Waals surface area contributed by atoms with Gasteiger partial charge in [0.25, 0.3) is 0 Å². The van der Waals surface area contributed by atoms with Crippen LogP contribution in [0.4, 0.5) is 24.8 Å². The molecule has 0 bridgehead atoms. The van der Waals surface area contributed by atoms with Gasteiger partial charge in [0.1, 0.15) is 5.82 Å². The zero-order chi connectivity index (χ0) is 25.3. The maximum atomic E-state index is 13.5. The molecular formula is C25H31F3N6O. The monoisotopic (exact) mass is 488 g/mol. The first-order chi connectivity index (χ1) is 16.6.